The van der Waals surface area contributed by atoms with Crippen LogP contribution >= 0.6 is 11.3 Å². The highest BCUT2D eigenvalue weighted by molar-refractivity contribution is 7.07. The van der Waals surface area contributed by atoms with Gasteiger partial charge in [-0.15, -0.1) is 0 Å². The van der Waals surface area contributed by atoms with Gasteiger partial charge in [0.25, 0.3) is 0 Å². The summed E-state index contributed by atoms with van der Waals surface area (Å²) in [5.74, 6) is 0.0992. The van der Waals surface area contributed by atoms with Crippen LogP contribution in [0.2, 0.25) is 0 Å². The average molecular weight is 240 g/mol. The zero-order chi connectivity index (χ0) is 12.0. The number of carbonyl (C=O) groups is 1. The summed E-state index contributed by atoms with van der Waals surface area (Å²) in [5.41, 5.74) is 1.35. The van der Waals surface area contributed by atoms with Crippen molar-refractivity contribution in [1.29, 1.82) is 0 Å². The molecule has 16 heavy (non-hydrogen) atoms. The Balaban J connectivity index is 2.35. The number of hydrogen-bond acceptors (Lipinski definition) is 3. The summed E-state index contributed by atoms with van der Waals surface area (Å²) in [5, 5.41) is 7.06. The van der Waals surface area contributed by atoms with E-state index in [2.05, 4.69) is 34.0 Å². The molecule has 0 aliphatic carbocycles. The number of hydrogen-bond donors (Lipinski definition) is 1. The summed E-state index contributed by atoms with van der Waals surface area (Å²) < 4.78 is 0. The molecule has 0 saturated heterocycles. The molecule has 90 valence electrons. The van der Waals surface area contributed by atoms with Gasteiger partial charge in [-0.1, -0.05) is 0 Å². The van der Waals surface area contributed by atoms with E-state index in [1.807, 2.05) is 14.0 Å². The molecule has 0 radical (unpaired) electrons. The number of nitrogens with zero attached hydrogens (tertiary/aromatic N) is 1. The molecule has 0 aromatic carbocycles. The smallest absolute Gasteiger partial charge is 0.234 e. The summed E-state index contributed by atoms with van der Waals surface area (Å²) >= 11 is 1.72. The molecule has 1 aromatic rings. The van der Waals surface area contributed by atoms with E-state index in [0.29, 0.717) is 19.1 Å². The predicted octanol–water partition coefficient (Wildman–Crippen LogP) is 1.75. The van der Waals surface area contributed by atoms with Crippen molar-refractivity contribution in [3.63, 3.8) is 0 Å². The zero-order valence-corrected chi connectivity index (χ0v) is 11.0. The Bertz CT molecular complexity index is 311. The van der Waals surface area contributed by atoms with Crippen LogP contribution in [0.25, 0.3) is 0 Å². The van der Waals surface area contributed by atoms with E-state index in [1.165, 1.54) is 5.56 Å². The van der Waals surface area contributed by atoms with Crippen molar-refractivity contribution in [1.82, 2.24) is 10.2 Å². The van der Waals surface area contributed by atoms with Crippen LogP contribution in [0, 0.1) is 0 Å². The van der Waals surface area contributed by atoms with Crippen LogP contribution in [0.4, 0.5) is 0 Å². The lowest BCUT2D eigenvalue weighted by molar-refractivity contribution is -0.122. The fraction of sp³-hybridized carbons (Fsp3) is 0.583. The lowest BCUT2D eigenvalue weighted by atomic mass is 10.1. The minimum Gasteiger partial charge on any atom is -0.355 e. The maximum atomic E-state index is 11.4. The van der Waals surface area contributed by atoms with Crippen LogP contribution in [0.3, 0.4) is 0 Å². The van der Waals surface area contributed by atoms with Crippen molar-refractivity contribution in [3.8, 4) is 0 Å². The zero-order valence-electron chi connectivity index (χ0n) is 10.2. The number of carbonyl (C=O) groups excluding carboxylic acids is 1. The lowest BCUT2D eigenvalue weighted by Gasteiger charge is -2.23. The molecular formula is C12H20N2OS. The third-order valence-corrected chi connectivity index (χ3v) is 3.36. The Kier molecular flexibility index (Phi) is 5.49. The molecule has 1 atom stereocenters. The monoisotopic (exact) mass is 240 g/mol. The Labute approximate surface area is 101 Å². The normalized spacial score (nSPS) is 12.8. The second kappa shape index (κ2) is 6.66. The highest BCUT2D eigenvalue weighted by Crippen LogP contribution is 2.11. The average Bonchev–Trinajstić information content (AvgIpc) is 2.70. The second-order valence-corrected chi connectivity index (χ2v) is 4.83. The fourth-order valence-electron chi connectivity index (χ4n) is 1.54. The van der Waals surface area contributed by atoms with E-state index in [1.54, 1.807) is 11.3 Å². The summed E-state index contributed by atoms with van der Waals surface area (Å²) in [6, 6.07) is 2.53. The summed E-state index contributed by atoms with van der Waals surface area (Å²) in [4.78, 5) is 13.5. The van der Waals surface area contributed by atoms with Crippen LogP contribution in [0.1, 0.15) is 19.4 Å². The van der Waals surface area contributed by atoms with Gasteiger partial charge >= 0.3 is 0 Å². The molecule has 0 bridgehead atoms. The minimum atomic E-state index is 0.0992. The largest absolute Gasteiger partial charge is 0.355 e. The highest BCUT2D eigenvalue weighted by atomic mass is 32.1. The molecule has 1 heterocycles. The first kappa shape index (κ1) is 13.2. The quantitative estimate of drug-likeness (QED) is 0.821. The molecule has 0 unspecified atom stereocenters. The molecule has 1 amide bonds. The molecule has 3 nitrogen and oxygen atoms in total. The van der Waals surface area contributed by atoms with Gasteiger partial charge in [-0.3, -0.25) is 9.69 Å². The van der Waals surface area contributed by atoms with Crippen molar-refractivity contribution >= 4 is 17.2 Å². The van der Waals surface area contributed by atoms with Crippen molar-refractivity contribution in [3.05, 3.63) is 22.4 Å². The lowest BCUT2D eigenvalue weighted by Crippen LogP contribution is -2.40. The fourth-order valence-corrected chi connectivity index (χ4v) is 2.22. The van der Waals surface area contributed by atoms with E-state index >= 15 is 0 Å². The van der Waals surface area contributed by atoms with Gasteiger partial charge in [0.2, 0.25) is 5.91 Å². The standard InChI is InChI=1S/C12H20N2OS/c1-4-13-12(15)8-14(3)10(2)7-11-5-6-16-9-11/h5-6,9-10H,4,7-8H2,1-3H3,(H,13,15)/t10-/m1/s1. The molecule has 0 aliphatic rings. The number of amides is 1. The van der Waals surface area contributed by atoms with Gasteiger partial charge in [-0.2, -0.15) is 11.3 Å². The Hall–Kier alpha value is -0.870. The van der Waals surface area contributed by atoms with Gasteiger partial charge in [-0.25, -0.2) is 0 Å². The van der Waals surface area contributed by atoms with Crippen LogP contribution in [-0.4, -0.2) is 37.0 Å². The summed E-state index contributed by atoms with van der Waals surface area (Å²) in [7, 11) is 1.99. The highest BCUT2D eigenvalue weighted by Gasteiger charge is 2.13. The Morgan fingerprint density at radius 1 is 1.62 bits per heavy atom. The molecule has 0 fully saturated rings. The Morgan fingerprint density at radius 3 is 2.94 bits per heavy atom. The van der Waals surface area contributed by atoms with Crippen molar-refractivity contribution < 1.29 is 4.79 Å². The topological polar surface area (TPSA) is 32.3 Å². The molecule has 1 rings (SSSR count). The van der Waals surface area contributed by atoms with Crippen LogP contribution in [0.15, 0.2) is 16.8 Å². The van der Waals surface area contributed by atoms with Crippen LogP contribution < -0.4 is 5.32 Å². The van der Waals surface area contributed by atoms with Gasteiger partial charge < -0.3 is 5.32 Å². The predicted molar refractivity (Wildman–Crippen MR) is 68.8 cm³/mol. The van der Waals surface area contributed by atoms with E-state index in [0.717, 1.165) is 6.42 Å². The number of thiophene rings is 1. The number of rotatable bonds is 6. The van der Waals surface area contributed by atoms with Crippen molar-refractivity contribution in [2.45, 2.75) is 26.3 Å². The molecule has 4 heteroatoms. The maximum absolute atomic E-state index is 11.4. The summed E-state index contributed by atoms with van der Waals surface area (Å²) in [6.45, 7) is 5.26. The van der Waals surface area contributed by atoms with Crippen molar-refractivity contribution in [2.24, 2.45) is 0 Å². The third-order valence-electron chi connectivity index (χ3n) is 2.63. The van der Waals surface area contributed by atoms with E-state index in [9.17, 15) is 4.79 Å². The van der Waals surface area contributed by atoms with Crippen LogP contribution in [-0.2, 0) is 11.2 Å². The van der Waals surface area contributed by atoms with E-state index in [-0.39, 0.29) is 5.91 Å². The molecule has 0 aliphatic heterocycles. The van der Waals surface area contributed by atoms with E-state index < -0.39 is 0 Å². The first-order chi connectivity index (χ1) is 7.63. The van der Waals surface area contributed by atoms with Crippen LogP contribution in [0.5, 0.6) is 0 Å². The number of likely N-dealkylation sites (N-methyl/N-ethyl adjacent to an activating group) is 2. The summed E-state index contributed by atoms with van der Waals surface area (Å²) in [6.07, 6.45) is 0.999. The maximum Gasteiger partial charge on any atom is 0.234 e. The van der Waals surface area contributed by atoms with Gasteiger partial charge in [0.15, 0.2) is 0 Å². The van der Waals surface area contributed by atoms with Gasteiger partial charge in [0, 0.05) is 12.6 Å². The number of nitrogens with one attached hydrogen (secondary N) is 1. The van der Waals surface area contributed by atoms with Crippen molar-refractivity contribution in [2.75, 3.05) is 20.1 Å². The minimum absolute atomic E-state index is 0.0992. The van der Waals surface area contributed by atoms with Gasteiger partial charge in [0.1, 0.15) is 0 Å². The molecule has 1 aromatic heterocycles. The first-order valence-electron chi connectivity index (χ1n) is 5.61. The third kappa shape index (κ3) is 4.33. The molecular weight excluding hydrogens is 220 g/mol. The second-order valence-electron chi connectivity index (χ2n) is 4.05. The molecule has 0 spiro atoms. The SMILES string of the molecule is CCNC(=O)CN(C)[C@H](C)Cc1ccsc1. The van der Waals surface area contributed by atoms with E-state index in [4.69, 9.17) is 0 Å². The molecule has 1 N–H and O–H groups in total. The molecule has 0 saturated carbocycles. The Morgan fingerprint density at radius 2 is 2.38 bits per heavy atom. The van der Waals surface area contributed by atoms with Gasteiger partial charge in [0.05, 0.1) is 6.54 Å². The van der Waals surface area contributed by atoms with Gasteiger partial charge in [-0.05, 0) is 49.7 Å². The first-order valence-corrected chi connectivity index (χ1v) is 6.55.